The molecule has 3 heterocycles. The predicted octanol–water partition coefficient (Wildman–Crippen LogP) is 4.67. The Hall–Kier alpha value is -2.28. The second kappa shape index (κ2) is 8.82. The SMILES string of the molecule is CC1(C)OCC(CONC(=O)c2c(Nc3ccc(I)cc3F)c3cnccc3n2C2CC2)O1. The normalized spacial score (nSPS) is 19.7. The van der Waals surface area contributed by atoms with E-state index < -0.39 is 17.5 Å². The summed E-state index contributed by atoms with van der Waals surface area (Å²) in [6.07, 6.45) is 5.02. The van der Waals surface area contributed by atoms with Gasteiger partial charge in [-0.3, -0.25) is 14.6 Å². The molecule has 1 amide bonds. The van der Waals surface area contributed by atoms with Gasteiger partial charge in [0.15, 0.2) is 5.79 Å². The van der Waals surface area contributed by atoms with Crippen LogP contribution in [-0.4, -0.2) is 40.6 Å². The van der Waals surface area contributed by atoms with Gasteiger partial charge in [-0.2, -0.15) is 0 Å². The van der Waals surface area contributed by atoms with Crippen molar-refractivity contribution in [1.82, 2.24) is 15.0 Å². The van der Waals surface area contributed by atoms with Crippen LogP contribution in [0.4, 0.5) is 15.8 Å². The number of aromatic nitrogens is 2. The van der Waals surface area contributed by atoms with Crippen LogP contribution in [0.5, 0.6) is 0 Å². The molecule has 10 heteroatoms. The predicted molar refractivity (Wildman–Crippen MR) is 129 cm³/mol. The first-order valence-electron chi connectivity index (χ1n) is 10.8. The monoisotopic (exact) mass is 566 g/mol. The second-order valence-electron chi connectivity index (χ2n) is 8.66. The van der Waals surface area contributed by atoms with Crippen LogP contribution in [0.15, 0.2) is 36.7 Å². The van der Waals surface area contributed by atoms with Gasteiger partial charge >= 0.3 is 0 Å². The van der Waals surface area contributed by atoms with E-state index in [1.807, 2.05) is 24.5 Å². The van der Waals surface area contributed by atoms with Crippen LogP contribution in [0.2, 0.25) is 0 Å². The maximum Gasteiger partial charge on any atom is 0.293 e. The number of hydrogen-bond donors (Lipinski definition) is 2. The Morgan fingerprint density at radius 2 is 2.18 bits per heavy atom. The molecular formula is C23H24FIN4O4. The average molecular weight is 566 g/mol. The number of ether oxygens (including phenoxy) is 2. The fraction of sp³-hybridized carbons (Fsp3) is 0.391. The lowest BCUT2D eigenvalue weighted by Crippen LogP contribution is -2.32. The molecule has 1 aromatic carbocycles. The van der Waals surface area contributed by atoms with Crippen LogP contribution in [0.25, 0.3) is 10.9 Å². The molecule has 1 atom stereocenters. The number of nitrogens with zero attached hydrogens (tertiary/aromatic N) is 2. The van der Waals surface area contributed by atoms with Gasteiger partial charge in [-0.1, -0.05) is 0 Å². The number of carbonyl (C=O) groups is 1. The van der Waals surface area contributed by atoms with Gasteiger partial charge in [-0.15, -0.1) is 0 Å². The molecule has 3 aromatic rings. The number of nitrogens with one attached hydrogen (secondary N) is 2. The van der Waals surface area contributed by atoms with Gasteiger partial charge < -0.3 is 19.4 Å². The lowest BCUT2D eigenvalue weighted by Gasteiger charge is -2.17. The topological polar surface area (TPSA) is 86.6 Å². The van der Waals surface area contributed by atoms with Crippen molar-refractivity contribution >= 4 is 50.8 Å². The molecule has 1 saturated heterocycles. The highest BCUT2D eigenvalue weighted by Gasteiger charge is 2.35. The standard InChI is InChI=1S/C23H24FIN4O4/c1-23(2)31-11-15(33-23)12-32-28-22(30)21-20(27-18-6-3-13(25)9-17(18)24)16-10-26-8-7-19(16)29(21)14-4-5-14/h3,6-10,14-15,27H,4-5,11-12H2,1-2H3,(H,28,30). The van der Waals surface area contributed by atoms with Gasteiger partial charge in [0.2, 0.25) is 0 Å². The summed E-state index contributed by atoms with van der Waals surface area (Å²) >= 11 is 2.06. The summed E-state index contributed by atoms with van der Waals surface area (Å²) in [5.74, 6) is -1.50. The molecule has 0 bridgehead atoms. The summed E-state index contributed by atoms with van der Waals surface area (Å²) in [4.78, 5) is 23.1. The molecule has 2 aromatic heterocycles. The van der Waals surface area contributed by atoms with E-state index in [0.717, 1.165) is 27.3 Å². The van der Waals surface area contributed by atoms with Crippen LogP contribution in [-0.2, 0) is 14.3 Å². The number of hydrogen-bond acceptors (Lipinski definition) is 6. The lowest BCUT2D eigenvalue weighted by molar-refractivity contribution is -0.147. The van der Waals surface area contributed by atoms with Gasteiger partial charge in [0.1, 0.15) is 24.2 Å². The first-order chi connectivity index (χ1) is 15.8. The fourth-order valence-electron chi connectivity index (χ4n) is 4.04. The molecule has 1 aliphatic heterocycles. The maximum absolute atomic E-state index is 14.6. The molecule has 2 fully saturated rings. The van der Waals surface area contributed by atoms with Crippen LogP contribution in [0.1, 0.15) is 43.2 Å². The Balaban J connectivity index is 1.45. The molecule has 1 saturated carbocycles. The molecule has 174 valence electrons. The number of hydroxylamine groups is 1. The first kappa shape index (κ1) is 22.5. The van der Waals surface area contributed by atoms with E-state index in [1.54, 1.807) is 24.5 Å². The summed E-state index contributed by atoms with van der Waals surface area (Å²) in [6.45, 7) is 4.19. The van der Waals surface area contributed by atoms with Gasteiger partial charge in [0.25, 0.3) is 5.91 Å². The van der Waals surface area contributed by atoms with E-state index in [-0.39, 0.29) is 24.4 Å². The molecule has 1 aliphatic carbocycles. The average Bonchev–Trinajstić information content (AvgIpc) is 3.48. The van der Waals surface area contributed by atoms with Crippen LogP contribution in [0, 0.1) is 9.39 Å². The van der Waals surface area contributed by atoms with E-state index >= 15 is 0 Å². The Bertz CT molecular complexity index is 1210. The van der Waals surface area contributed by atoms with Gasteiger partial charge in [0, 0.05) is 27.4 Å². The third kappa shape index (κ3) is 4.70. The van der Waals surface area contributed by atoms with Crippen molar-refractivity contribution < 1.29 is 23.5 Å². The first-order valence-corrected chi connectivity index (χ1v) is 11.8. The number of pyridine rings is 1. The van der Waals surface area contributed by atoms with Crippen molar-refractivity contribution in [3.05, 3.63) is 51.7 Å². The lowest BCUT2D eigenvalue weighted by atomic mass is 10.2. The highest BCUT2D eigenvalue weighted by molar-refractivity contribution is 14.1. The van der Waals surface area contributed by atoms with E-state index in [9.17, 15) is 9.18 Å². The Morgan fingerprint density at radius 1 is 1.36 bits per heavy atom. The summed E-state index contributed by atoms with van der Waals surface area (Å²) < 4.78 is 28.7. The number of amides is 1. The number of fused-ring (bicyclic) bond motifs is 1. The molecular weight excluding hydrogens is 542 g/mol. The number of anilines is 2. The minimum Gasteiger partial charge on any atom is -0.351 e. The zero-order chi connectivity index (χ0) is 23.2. The van der Waals surface area contributed by atoms with Crippen molar-refractivity contribution in [1.29, 1.82) is 0 Å². The highest BCUT2D eigenvalue weighted by atomic mass is 127. The molecule has 1 unspecified atom stereocenters. The Labute approximate surface area is 203 Å². The van der Waals surface area contributed by atoms with Gasteiger partial charge in [-0.05, 0) is 73.5 Å². The zero-order valence-electron chi connectivity index (χ0n) is 18.2. The third-order valence-electron chi connectivity index (χ3n) is 5.62. The Kier molecular flexibility index (Phi) is 6.02. The van der Waals surface area contributed by atoms with Crippen LogP contribution in [0.3, 0.4) is 0 Å². The second-order valence-corrected chi connectivity index (χ2v) is 9.91. The van der Waals surface area contributed by atoms with E-state index in [4.69, 9.17) is 14.3 Å². The Morgan fingerprint density at radius 3 is 2.88 bits per heavy atom. The van der Waals surface area contributed by atoms with Crippen LogP contribution >= 0.6 is 22.6 Å². The maximum atomic E-state index is 14.6. The number of benzene rings is 1. The summed E-state index contributed by atoms with van der Waals surface area (Å²) in [6, 6.07) is 6.96. The number of rotatable bonds is 7. The van der Waals surface area contributed by atoms with E-state index in [1.165, 1.54) is 6.07 Å². The molecule has 33 heavy (non-hydrogen) atoms. The minimum absolute atomic E-state index is 0.148. The molecule has 0 spiro atoms. The summed E-state index contributed by atoms with van der Waals surface area (Å²) in [5, 5.41) is 3.87. The van der Waals surface area contributed by atoms with Crippen LogP contribution < -0.4 is 10.8 Å². The summed E-state index contributed by atoms with van der Waals surface area (Å²) in [5.41, 5.74) is 4.55. The minimum atomic E-state index is -0.669. The fourth-order valence-corrected chi connectivity index (χ4v) is 4.49. The molecule has 8 nitrogen and oxygen atoms in total. The summed E-state index contributed by atoms with van der Waals surface area (Å²) in [7, 11) is 0. The largest absolute Gasteiger partial charge is 0.351 e. The smallest absolute Gasteiger partial charge is 0.293 e. The quantitative estimate of drug-likeness (QED) is 0.320. The van der Waals surface area contributed by atoms with Crippen molar-refractivity contribution in [2.75, 3.05) is 18.5 Å². The number of halogens is 2. The molecule has 2 aliphatic rings. The third-order valence-corrected chi connectivity index (χ3v) is 6.29. The van der Waals surface area contributed by atoms with Crippen molar-refractivity contribution in [3.63, 3.8) is 0 Å². The highest BCUT2D eigenvalue weighted by Crippen LogP contribution is 2.44. The van der Waals surface area contributed by atoms with Crippen molar-refractivity contribution in [2.45, 2.75) is 44.6 Å². The van der Waals surface area contributed by atoms with Gasteiger partial charge in [-0.25, -0.2) is 9.87 Å². The zero-order valence-corrected chi connectivity index (χ0v) is 20.4. The van der Waals surface area contributed by atoms with Gasteiger partial charge in [0.05, 0.1) is 23.5 Å². The van der Waals surface area contributed by atoms with Crippen molar-refractivity contribution in [3.8, 4) is 0 Å². The molecule has 5 rings (SSSR count). The van der Waals surface area contributed by atoms with E-state index in [2.05, 4.69) is 38.4 Å². The van der Waals surface area contributed by atoms with Crippen molar-refractivity contribution in [2.24, 2.45) is 0 Å². The number of carbonyl (C=O) groups excluding carboxylic acids is 1. The molecule has 2 N–H and O–H groups in total. The van der Waals surface area contributed by atoms with E-state index in [0.29, 0.717) is 18.0 Å². The molecule has 0 radical (unpaired) electrons.